The van der Waals surface area contributed by atoms with Crippen LogP contribution in [0.2, 0.25) is 0 Å². The quantitative estimate of drug-likeness (QED) is 0.828. The molecule has 1 aromatic heterocycles. The van der Waals surface area contributed by atoms with Crippen LogP contribution in [0.5, 0.6) is 0 Å². The number of pyridine rings is 1. The second kappa shape index (κ2) is 5.76. The maximum absolute atomic E-state index is 13.0. The molecule has 1 aromatic rings. The molecule has 126 valence electrons. The van der Waals surface area contributed by atoms with Crippen LogP contribution in [0.3, 0.4) is 0 Å². The summed E-state index contributed by atoms with van der Waals surface area (Å²) < 4.78 is 44.4. The van der Waals surface area contributed by atoms with Gasteiger partial charge in [0.15, 0.2) is 0 Å². The molecule has 3 rings (SSSR count). The van der Waals surface area contributed by atoms with E-state index in [9.17, 15) is 18.0 Å². The van der Waals surface area contributed by atoms with Gasteiger partial charge < -0.3 is 9.64 Å². The van der Waals surface area contributed by atoms with Crippen molar-refractivity contribution in [3.8, 4) is 0 Å². The smallest absolute Gasteiger partial charge is 0.379 e. The Kier molecular flexibility index (Phi) is 4.05. The van der Waals surface area contributed by atoms with Crippen LogP contribution in [0.1, 0.15) is 22.8 Å². The molecule has 0 aromatic carbocycles. The van der Waals surface area contributed by atoms with E-state index < -0.39 is 17.6 Å². The number of amides is 1. The van der Waals surface area contributed by atoms with Crippen LogP contribution >= 0.6 is 0 Å². The van der Waals surface area contributed by atoms with E-state index in [4.69, 9.17) is 4.74 Å². The highest BCUT2D eigenvalue weighted by Crippen LogP contribution is 2.34. The van der Waals surface area contributed by atoms with E-state index in [0.717, 1.165) is 31.5 Å². The van der Waals surface area contributed by atoms with Crippen LogP contribution in [-0.2, 0) is 10.9 Å². The minimum atomic E-state index is -4.56. The van der Waals surface area contributed by atoms with Gasteiger partial charge in [-0.3, -0.25) is 14.7 Å². The fraction of sp³-hybridized carbons (Fsp3) is 0.600. The second-order valence-corrected chi connectivity index (χ2v) is 6.18. The SMILES string of the molecule is CC1(N2CCOCC2)CN(C(=O)c2cnccc2C(F)(F)F)C1. The average molecular weight is 329 g/mol. The summed E-state index contributed by atoms with van der Waals surface area (Å²) in [6.07, 6.45) is -2.52. The average Bonchev–Trinajstić information content (AvgIpc) is 2.51. The lowest BCUT2D eigenvalue weighted by Crippen LogP contribution is -2.71. The molecule has 0 unspecified atom stereocenters. The fourth-order valence-corrected chi connectivity index (χ4v) is 3.21. The standard InChI is InChI=1S/C15H18F3N3O2/c1-14(21-4-6-23-7-5-21)9-20(10-14)13(22)11-8-19-3-2-12(11)15(16,17)18/h2-3,8H,4-7,9-10H2,1H3. The van der Waals surface area contributed by atoms with Crippen LogP contribution in [-0.4, -0.2) is 65.6 Å². The monoisotopic (exact) mass is 329 g/mol. The summed E-state index contributed by atoms with van der Waals surface area (Å²) in [5.74, 6) is -0.615. The van der Waals surface area contributed by atoms with E-state index >= 15 is 0 Å². The normalized spacial score (nSPS) is 21.8. The van der Waals surface area contributed by atoms with Crippen LogP contribution in [0.25, 0.3) is 0 Å². The summed E-state index contributed by atoms with van der Waals surface area (Å²) in [6, 6.07) is 0.841. The Balaban J connectivity index is 1.72. The van der Waals surface area contributed by atoms with E-state index in [2.05, 4.69) is 9.88 Å². The van der Waals surface area contributed by atoms with Gasteiger partial charge in [0.2, 0.25) is 0 Å². The zero-order valence-corrected chi connectivity index (χ0v) is 12.8. The van der Waals surface area contributed by atoms with Crippen molar-refractivity contribution in [1.29, 1.82) is 0 Å². The molecule has 0 aliphatic carbocycles. The summed E-state index contributed by atoms with van der Waals surface area (Å²) in [7, 11) is 0. The first-order chi connectivity index (χ1) is 10.8. The van der Waals surface area contributed by atoms with Crippen molar-refractivity contribution in [3.05, 3.63) is 29.6 Å². The number of carbonyl (C=O) groups excluding carboxylic acids is 1. The highest BCUT2D eigenvalue weighted by Gasteiger charge is 2.47. The second-order valence-electron chi connectivity index (χ2n) is 6.18. The van der Waals surface area contributed by atoms with Gasteiger partial charge in [0, 0.05) is 38.6 Å². The molecule has 2 aliphatic rings. The lowest BCUT2D eigenvalue weighted by Gasteiger charge is -2.55. The van der Waals surface area contributed by atoms with Crippen molar-refractivity contribution in [2.45, 2.75) is 18.6 Å². The van der Waals surface area contributed by atoms with Crippen LogP contribution in [0, 0.1) is 0 Å². The third-order valence-corrected chi connectivity index (χ3v) is 4.48. The van der Waals surface area contributed by atoms with E-state index in [1.54, 1.807) is 0 Å². The van der Waals surface area contributed by atoms with E-state index in [1.165, 1.54) is 4.90 Å². The highest BCUT2D eigenvalue weighted by atomic mass is 19.4. The molecule has 8 heteroatoms. The molecule has 0 spiro atoms. The van der Waals surface area contributed by atoms with Gasteiger partial charge in [0.1, 0.15) is 0 Å². The number of rotatable bonds is 2. The Morgan fingerprint density at radius 3 is 2.57 bits per heavy atom. The third-order valence-electron chi connectivity index (χ3n) is 4.48. The zero-order valence-electron chi connectivity index (χ0n) is 12.8. The molecule has 1 amide bonds. The summed E-state index contributed by atoms with van der Waals surface area (Å²) in [5.41, 5.74) is -1.51. The number of hydrogen-bond donors (Lipinski definition) is 0. The van der Waals surface area contributed by atoms with Crippen molar-refractivity contribution in [1.82, 2.24) is 14.8 Å². The molecule has 2 fully saturated rings. The fourth-order valence-electron chi connectivity index (χ4n) is 3.21. The Morgan fingerprint density at radius 1 is 1.30 bits per heavy atom. The van der Waals surface area contributed by atoms with Gasteiger partial charge in [-0.1, -0.05) is 0 Å². The maximum Gasteiger partial charge on any atom is 0.417 e. The predicted molar refractivity (Wildman–Crippen MR) is 75.9 cm³/mol. The van der Waals surface area contributed by atoms with Crippen molar-refractivity contribution < 1.29 is 22.7 Å². The first-order valence-electron chi connectivity index (χ1n) is 7.44. The number of nitrogens with zero attached hydrogens (tertiary/aromatic N) is 3. The van der Waals surface area contributed by atoms with Crippen LogP contribution in [0.4, 0.5) is 13.2 Å². The zero-order chi connectivity index (χ0) is 16.7. The molecule has 3 heterocycles. The molecule has 2 aliphatic heterocycles. The van der Waals surface area contributed by atoms with Crippen molar-refractivity contribution in [3.63, 3.8) is 0 Å². The molecule has 0 radical (unpaired) electrons. The van der Waals surface area contributed by atoms with Gasteiger partial charge >= 0.3 is 6.18 Å². The number of hydrogen-bond acceptors (Lipinski definition) is 4. The van der Waals surface area contributed by atoms with Gasteiger partial charge in [0.05, 0.1) is 29.9 Å². The lowest BCUT2D eigenvalue weighted by atomic mass is 9.88. The number of likely N-dealkylation sites (tertiary alicyclic amines) is 1. The number of ether oxygens (including phenoxy) is 1. The minimum absolute atomic E-state index is 0.194. The van der Waals surface area contributed by atoms with Crippen LogP contribution < -0.4 is 0 Å². The van der Waals surface area contributed by atoms with Gasteiger partial charge in [0.25, 0.3) is 5.91 Å². The van der Waals surface area contributed by atoms with Gasteiger partial charge in [-0.2, -0.15) is 13.2 Å². The minimum Gasteiger partial charge on any atom is -0.379 e. The molecule has 23 heavy (non-hydrogen) atoms. The first-order valence-corrected chi connectivity index (χ1v) is 7.44. The van der Waals surface area contributed by atoms with Gasteiger partial charge in [-0.25, -0.2) is 0 Å². The lowest BCUT2D eigenvalue weighted by molar-refractivity contribution is -0.138. The molecule has 0 saturated carbocycles. The summed E-state index contributed by atoms with van der Waals surface area (Å²) in [5, 5.41) is 0. The number of morpholine rings is 1. The third kappa shape index (κ3) is 3.05. The molecular formula is C15H18F3N3O2. The highest BCUT2D eigenvalue weighted by molar-refractivity contribution is 5.96. The molecule has 0 bridgehead atoms. The van der Waals surface area contributed by atoms with E-state index in [-0.39, 0.29) is 11.1 Å². The first kappa shape index (κ1) is 16.2. The molecular weight excluding hydrogens is 311 g/mol. The molecule has 5 nitrogen and oxygen atoms in total. The van der Waals surface area contributed by atoms with Crippen LogP contribution in [0.15, 0.2) is 18.5 Å². The van der Waals surface area contributed by atoms with Gasteiger partial charge in [-0.15, -0.1) is 0 Å². The van der Waals surface area contributed by atoms with Crippen molar-refractivity contribution >= 4 is 5.91 Å². The molecule has 2 saturated heterocycles. The topological polar surface area (TPSA) is 45.7 Å². The number of alkyl halides is 3. The number of aromatic nitrogens is 1. The molecule has 0 N–H and O–H groups in total. The summed E-state index contributed by atoms with van der Waals surface area (Å²) in [4.78, 5) is 19.8. The summed E-state index contributed by atoms with van der Waals surface area (Å²) in [6.45, 7) is 5.69. The Hall–Kier alpha value is -1.67. The Labute approximate surface area is 132 Å². The molecule has 0 atom stereocenters. The predicted octanol–water partition coefficient (Wildman–Crippen LogP) is 1.65. The Morgan fingerprint density at radius 2 is 1.96 bits per heavy atom. The van der Waals surface area contributed by atoms with E-state index in [0.29, 0.717) is 26.3 Å². The number of carbonyl (C=O) groups is 1. The van der Waals surface area contributed by atoms with Crippen molar-refractivity contribution in [2.75, 3.05) is 39.4 Å². The van der Waals surface area contributed by atoms with Gasteiger partial charge in [-0.05, 0) is 13.0 Å². The Bertz CT molecular complexity index is 594. The maximum atomic E-state index is 13.0. The van der Waals surface area contributed by atoms with E-state index in [1.807, 2.05) is 6.92 Å². The largest absolute Gasteiger partial charge is 0.417 e. The summed E-state index contributed by atoms with van der Waals surface area (Å²) >= 11 is 0. The number of halogens is 3. The van der Waals surface area contributed by atoms with Crippen molar-refractivity contribution in [2.24, 2.45) is 0 Å².